The maximum absolute atomic E-state index is 11.2. The lowest BCUT2D eigenvalue weighted by Crippen LogP contribution is -2.48. The van der Waals surface area contributed by atoms with Gasteiger partial charge in [0.1, 0.15) is 0 Å². The van der Waals surface area contributed by atoms with Crippen LogP contribution in [-0.2, 0) is 17.4 Å². The molecule has 2 atom stereocenters. The molecule has 2 heteroatoms. The van der Waals surface area contributed by atoms with Crippen LogP contribution in [0.25, 0.3) is 0 Å². The quantitative estimate of drug-likeness (QED) is 0.846. The summed E-state index contributed by atoms with van der Waals surface area (Å²) in [5.74, 6) is 0. The predicted molar refractivity (Wildman–Crippen MR) is 75.9 cm³/mol. The first-order chi connectivity index (χ1) is 9.06. The Bertz CT molecular complexity index is 591. The first kappa shape index (κ1) is 12.4. The average molecular weight is 253 g/mol. The average Bonchev–Trinajstić information content (AvgIpc) is 2.45. The summed E-state index contributed by atoms with van der Waals surface area (Å²) in [4.78, 5) is 4.22. The van der Waals surface area contributed by atoms with Gasteiger partial charge >= 0.3 is 0 Å². The van der Waals surface area contributed by atoms with E-state index in [0.717, 1.165) is 24.0 Å². The fourth-order valence-electron chi connectivity index (χ4n) is 3.25. The lowest BCUT2D eigenvalue weighted by atomic mass is 9.60. The molecule has 2 aromatic rings. The minimum absolute atomic E-state index is 0.296. The Morgan fingerprint density at radius 2 is 1.89 bits per heavy atom. The molecule has 1 heterocycles. The highest BCUT2D eigenvalue weighted by atomic mass is 16.3. The molecule has 1 aliphatic carbocycles. The van der Waals surface area contributed by atoms with Gasteiger partial charge in [0, 0.05) is 17.8 Å². The van der Waals surface area contributed by atoms with Crippen LogP contribution in [0, 0.1) is 0 Å². The van der Waals surface area contributed by atoms with Crippen LogP contribution in [0.5, 0.6) is 0 Å². The second-order valence-corrected chi connectivity index (χ2v) is 5.80. The van der Waals surface area contributed by atoms with Crippen molar-refractivity contribution in [3.8, 4) is 0 Å². The van der Waals surface area contributed by atoms with E-state index in [1.54, 1.807) is 6.20 Å². The Labute approximate surface area is 114 Å². The molecular weight excluding hydrogens is 234 g/mol. The number of hydrogen-bond donors (Lipinski definition) is 1. The molecule has 0 bridgehead atoms. The molecule has 0 unspecified atom stereocenters. The fraction of sp³-hybridized carbons (Fsp3) is 0.353. The van der Waals surface area contributed by atoms with E-state index in [1.807, 2.05) is 37.4 Å². The van der Waals surface area contributed by atoms with Gasteiger partial charge in [-0.1, -0.05) is 37.3 Å². The van der Waals surface area contributed by atoms with Gasteiger partial charge in [-0.3, -0.25) is 4.98 Å². The van der Waals surface area contributed by atoms with E-state index in [-0.39, 0.29) is 5.41 Å². The zero-order valence-corrected chi connectivity index (χ0v) is 11.4. The van der Waals surface area contributed by atoms with Crippen LogP contribution >= 0.6 is 0 Å². The maximum atomic E-state index is 11.2. The molecule has 0 amide bonds. The SMILES string of the molecule is C[C@@]1(c2cccnc2)CCc2ccccc2[C@@]1(C)O. The van der Waals surface area contributed by atoms with Gasteiger partial charge < -0.3 is 5.11 Å². The molecule has 0 fully saturated rings. The minimum Gasteiger partial charge on any atom is -0.385 e. The molecule has 2 nitrogen and oxygen atoms in total. The van der Waals surface area contributed by atoms with Crippen LogP contribution in [0.1, 0.15) is 37.0 Å². The lowest BCUT2D eigenvalue weighted by molar-refractivity contribution is -0.0340. The van der Waals surface area contributed by atoms with Crippen molar-refractivity contribution in [1.82, 2.24) is 4.98 Å². The topological polar surface area (TPSA) is 33.1 Å². The van der Waals surface area contributed by atoms with Gasteiger partial charge in [0.15, 0.2) is 0 Å². The van der Waals surface area contributed by atoms with Crippen LogP contribution < -0.4 is 0 Å². The molecule has 1 aromatic heterocycles. The maximum Gasteiger partial charge on any atom is 0.0965 e. The van der Waals surface area contributed by atoms with Crippen molar-refractivity contribution in [2.75, 3.05) is 0 Å². The van der Waals surface area contributed by atoms with Gasteiger partial charge in [0.05, 0.1) is 5.60 Å². The Hall–Kier alpha value is -1.67. The molecule has 0 saturated heterocycles. The smallest absolute Gasteiger partial charge is 0.0965 e. The highest BCUT2D eigenvalue weighted by Crippen LogP contribution is 2.49. The normalized spacial score (nSPS) is 29.8. The van der Waals surface area contributed by atoms with Crippen molar-refractivity contribution in [3.05, 3.63) is 65.5 Å². The number of pyridine rings is 1. The summed E-state index contributed by atoms with van der Waals surface area (Å²) in [5, 5.41) is 11.2. The van der Waals surface area contributed by atoms with Gasteiger partial charge in [-0.15, -0.1) is 0 Å². The molecule has 0 aliphatic heterocycles. The third kappa shape index (κ3) is 1.71. The number of nitrogens with zero attached hydrogens (tertiary/aromatic N) is 1. The van der Waals surface area contributed by atoms with Gasteiger partial charge in [-0.05, 0) is 42.5 Å². The van der Waals surface area contributed by atoms with Crippen molar-refractivity contribution in [2.45, 2.75) is 37.7 Å². The monoisotopic (exact) mass is 253 g/mol. The molecule has 0 radical (unpaired) electrons. The summed E-state index contributed by atoms with van der Waals surface area (Å²) in [6.07, 6.45) is 5.58. The molecule has 98 valence electrons. The Morgan fingerprint density at radius 1 is 1.11 bits per heavy atom. The third-order valence-electron chi connectivity index (χ3n) is 4.81. The number of aromatic nitrogens is 1. The second-order valence-electron chi connectivity index (χ2n) is 5.80. The summed E-state index contributed by atoms with van der Waals surface area (Å²) in [6, 6.07) is 12.2. The number of benzene rings is 1. The number of rotatable bonds is 1. The van der Waals surface area contributed by atoms with E-state index in [1.165, 1.54) is 5.56 Å². The predicted octanol–water partition coefficient (Wildman–Crippen LogP) is 3.19. The zero-order valence-electron chi connectivity index (χ0n) is 11.4. The van der Waals surface area contributed by atoms with E-state index in [4.69, 9.17) is 0 Å². The summed E-state index contributed by atoms with van der Waals surface area (Å²) in [6.45, 7) is 4.07. The van der Waals surface area contributed by atoms with Gasteiger partial charge in [-0.2, -0.15) is 0 Å². The Balaban J connectivity index is 2.16. The van der Waals surface area contributed by atoms with E-state index in [2.05, 4.69) is 24.0 Å². The summed E-state index contributed by atoms with van der Waals surface area (Å²) in [5.41, 5.74) is 2.25. The highest BCUT2D eigenvalue weighted by Gasteiger charge is 2.49. The minimum atomic E-state index is -0.870. The van der Waals surface area contributed by atoms with Gasteiger partial charge in [0.2, 0.25) is 0 Å². The Kier molecular flexibility index (Phi) is 2.72. The zero-order chi connectivity index (χ0) is 13.5. The number of aliphatic hydroxyl groups is 1. The van der Waals surface area contributed by atoms with Crippen molar-refractivity contribution < 1.29 is 5.11 Å². The largest absolute Gasteiger partial charge is 0.385 e. The lowest BCUT2D eigenvalue weighted by Gasteiger charge is -2.47. The number of fused-ring (bicyclic) bond motifs is 1. The Morgan fingerprint density at radius 3 is 2.63 bits per heavy atom. The molecule has 0 spiro atoms. The van der Waals surface area contributed by atoms with Crippen molar-refractivity contribution in [2.24, 2.45) is 0 Å². The van der Waals surface area contributed by atoms with Crippen molar-refractivity contribution in [1.29, 1.82) is 0 Å². The fourth-order valence-corrected chi connectivity index (χ4v) is 3.25. The molecular formula is C17H19NO. The van der Waals surface area contributed by atoms with E-state index in [9.17, 15) is 5.11 Å². The van der Waals surface area contributed by atoms with Crippen molar-refractivity contribution >= 4 is 0 Å². The highest BCUT2D eigenvalue weighted by molar-refractivity contribution is 5.42. The van der Waals surface area contributed by atoms with E-state index < -0.39 is 5.60 Å². The summed E-state index contributed by atoms with van der Waals surface area (Å²) >= 11 is 0. The molecule has 1 N–H and O–H groups in total. The molecule has 1 aromatic carbocycles. The first-order valence-electron chi connectivity index (χ1n) is 6.77. The van der Waals surface area contributed by atoms with E-state index >= 15 is 0 Å². The van der Waals surface area contributed by atoms with Crippen LogP contribution in [0.4, 0.5) is 0 Å². The first-order valence-corrected chi connectivity index (χ1v) is 6.77. The number of hydrogen-bond acceptors (Lipinski definition) is 2. The van der Waals surface area contributed by atoms with E-state index in [0.29, 0.717) is 0 Å². The van der Waals surface area contributed by atoms with Crippen LogP contribution in [0.3, 0.4) is 0 Å². The number of aryl methyl sites for hydroxylation is 1. The summed E-state index contributed by atoms with van der Waals surface area (Å²) < 4.78 is 0. The molecule has 3 rings (SSSR count). The molecule has 19 heavy (non-hydrogen) atoms. The standard InChI is InChI=1S/C17H19NO/c1-16(14-7-5-11-18-12-14)10-9-13-6-3-4-8-15(13)17(16,2)19/h3-8,11-12,19H,9-10H2,1-2H3/t16-,17+/m0/s1. The van der Waals surface area contributed by atoms with Gasteiger partial charge in [0.25, 0.3) is 0 Å². The summed E-state index contributed by atoms with van der Waals surface area (Å²) in [7, 11) is 0. The van der Waals surface area contributed by atoms with Gasteiger partial charge in [-0.25, -0.2) is 0 Å². The molecule has 0 saturated carbocycles. The molecule has 1 aliphatic rings. The second kappa shape index (κ2) is 4.17. The van der Waals surface area contributed by atoms with Crippen LogP contribution in [0.15, 0.2) is 48.8 Å². The third-order valence-corrected chi connectivity index (χ3v) is 4.81. The van der Waals surface area contributed by atoms with Crippen LogP contribution in [0.2, 0.25) is 0 Å². The van der Waals surface area contributed by atoms with Crippen LogP contribution in [-0.4, -0.2) is 10.1 Å². The van der Waals surface area contributed by atoms with Crippen molar-refractivity contribution in [3.63, 3.8) is 0 Å².